The Morgan fingerprint density at radius 3 is 1.11 bits per heavy atom. The second-order valence-electron chi connectivity index (χ2n) is 23.4. The van der Waals surface area contributed by atoms with Crippen molar-refractivity contribution in [1.82, 2.24) is 16.0 Å². The normalized spacial score (nSPS) is 10.8. The summed E-state index contributed by atoms with van der Waals surface area (Å²) in [4.78, 5) is 78.0. The van der Waals surface area contributed by atoms with Crippen LogP contribution in [0.4, 0.5) is 24.0 Å². The van der Waals surface area contributed by atoms with Crippen LogP contribution in [0.25, 0.3) is 0 Å². The molecule has 0 aliphatic rings. The Balaban J connectivity index is 0. The summed E-state index contributed by atoms with van der Waals surface area (Å²) in [6.07, 6.45) is 0.607. The fraction of sp³-hybridized carbons (Fsp3) is 0.508. The minimum atomic E-state index is -1.06. The van der Waals surface area contributed by atoms with Crippen molar-refractivity contribution in [2.75, 3.05) is 53.3 Å². The number of ether oxygens (including phenoxy) is 9. The van der Waals surface area contributed by atoms with E-state index in [1.54, 1.807) is 118 Å². The molecule has 4 aromatic carbocycles. The van der Waals surface area contributed by atoms with Gasteiger partial charge in [-0.15, -0.1) is 0 Å². The van der Waals surface area contributed by atoms with Gasteiger partial charge in [0.2, 0.25) is 0 Å². The molecule has 0 spiro atoms. The Hall–Kier alpha value is -7.86. The van der Waals surface area contributed by atoms with Crippen LogP contribution in [0.15, 0.2) is 84.9 Å². The van der Waals surface area contributed by atoms with E-state index in [9.17, 15) is 38.7 Å². The molecule has 488 valence electrons. The third-order valence-electron chi connectivity index (χ3n) is 9.36. The number of methoxy groups -OCH3 is 2. The molecule has 87 heavy (non-hydrogen) atoms. The highest BCUT2D eigenvalue weighted by molar-refractivity contribution is 6.17. The van der Waals surface area contributed by atoms with E-state index in [-0.39, 0.29) is 23.9 Å². The summed E-state index contributed by atoms with van der Waals surface area (Å²) in [7, 11) is 3.06. The van der Waals surface area contributed by atoms with Crippen molar-refractivity contribution in [1.29, 1.82) is 0 Å². The van der Waals surface area contributed by atoms with Crippen molar-refractivity contribution in [2.24, 2.45) is 5.73 Å². The minimum absolute atomic E-state index is 0.0427. The van der Waals surface area contributed by atoms with Crippen molar-refractivity contribution in [3.8, 4) is 23.0 Å². The lowest BCUT2D eigenvalue weighted by Crippen LogP contribution is -2.33. The van der Waals surface area contributed by atoms with Crippen LogP contribution in [0.3, 0.4) is 0 Å². The number of phenolic OH excluding ortho intramolecular Hbond substituents is 3. The van der Waals surface area contributed by atoms with Gasteiger partial charge in [-0.05, 0) is 207 Å². The van der Waals surface area contributed by atoms with E-state index < -0.39 is 58.6 Å². The van der Waals surface area contributed by atoms with Crippen LogP contribution in [0, 0.1) is 0 Å². The summed E-state index contributed by atoms with van der Waals surface area (Å²) in [5, 5.41) is 35.3. The summed E-state index contributed by atoms with van der Waals surface area (Å²) in [6, 6.07) is 24.4. The molecule has 0 radical (unpaired) electrons. The molecule has 0 saturated carbocycles. The molecule has 0 bridgehead atoms. The zero-order valence-corrected chi connectivity index (χ0v) is 54.4. The molecule has 3 amide bonds. The van der Waals surface area contributed by atoms with Crippen molar-refractivity contribution < 1.29 is 91.5 Å². The quantitative estimate of drug-likeness (QED) is 0.0129. The van der Waals surface area contributed by atoms with Gasteiger partial charge in [-0.2, -0.15) is 0 Å². The van der Waals surface area contributed by atoms with Gasteiger partial charge in [0.15, 0.2) is 19.4 Å². The van der Waals surface area contributed by atoms with Crippen LogP contribution in [0.2, 0.25) is 0 Å². The van der Waals surface area contributed by atoms with Crippen molar-refractivity contribution >= 4 is 54.8 Å². The van der Waals surface area contributed by atoms with Crippen molar-refractivity contribution in [2.45, 2.75) is 158 Å². The molecule has 0 saturated heterocycles. The molecule has 0 aromatic heterocycles. The third kappa shape index (κ3) is 48.0. The van der Waals surface area contributed by atoms with E-state index >= 15 is 0 Å². The van der Waals surface area contributed by atoms with Crippen LogP contribution in [0.1, 0.15) is 147 Å². The number of hydrogen-bond donors (Lipinski definition) is 7. The monoisotopic (exact) mass is 1250 g/mol. The maximum absolute atomic E-state index is 11.5. The maximum atomic E-state index is 11.5. The lowest BCUT2D eigenvalue weighted by atomic mass is 10.1. The number of aromatic hydroxyl groups is 3. The fourth-order valence-corrected chi connectivity index (χ4v) is 5.92. The van der Waals surface area contributed by atoms with Gasteiger partial charge < -0.3 is 79.6 Å². The number of nitrogens with two attached hydrogens (primary N) is 1. The summed E-state index contributed by atoms with van der Waals surface area (Å²) >= 11 is 4.96. The first kappa shape index (κ1) is 81.2. The van der Waals surface area contributed by atoms with Crippen molar-refractivity contribution in [3.05, 3.63) is 118 Å². The Labute approximate surface area is 518 Å². The van der Waals surface area contributed by atoms with E-state index in [0.717, 1.165) is 29.4 Å². The number of aldehydes is 2. The number of amides is 3. The predicted octanol–water partition coefficient (Wildman–Crippen LogP) is 11.9. The number of halogens is 1. The number of carbonyl (C=O) groups excluding carboxylic acids is 7. The SMILES string of the molecule is CC(C)(C)OC(=O)NCCc1ccc(O)c(C=O)c1.CC(C)(C)OC(=O)NCCc1ccc(O)cc1.CC(C)(C)OC(=O)OC(=O)OC(C)(C)C.COCCl.COCOc1ccc(CCNC(=O)OC(C)(C)C)cc1C=O.NCCc1ccc(O)cc1. The second-order valence-corrected chi connectivity index (χ2v) is 23.6. The number of alkyl carbamates (subject to hydrolysis) is 3. The largest absolute Gasteiger partial charge is 0.519 e. The first-order valence-electron chi connectivity index (χ1n) is 27.6. The van der Waals surface area contributed by atoms with Crippen molar-refractivity contribution in [3.63, 3.8) is 0 Å². The van der Waals surface area contributed by atoms with Crippen LogP contribution < -0.4 is 26.4 Å². The molecule has 0 aliphatic heterocycles. The highest BCUT2D eigenvalue weighted by Gasteiger charge is 2.25. The Morgan fingerprint density at radius 1 is 0.471 bits per heavy atom. The fourth-order valence-electron chi connectivity index (χ4n) is 5.92. The van der Waals surface area contributed by atoms with Gasteiger partial charge in [0, 0.05) is 33.9 Å². The van der Waals surface area contributed by atoms with Crippen LogP contribution in [0.5, 0.6) is 23.0 Å². The average molecular weight is 1250 g/mol. The molecule has 0 unspecified atom stereocenters. The molecule has 8 N–H and O–H groups in total. The second kappa shape index (κ2) is 42.1. The zero-order chi connectivity index (χ0) is 67.0. The number of benzene rings is 4. The van der Waals surface area contributed by atoms with Gasteiger partial charge in [0.25, 0.3) is 0 Å². The van der Waals surface area contributed by atoms with Gasteiger partial charge in [-0.25, -0.2) is 24.0 Å². The molecule has 4 rings (SSSR count). The average Bonchev–Trinajstić information content (AvgIpc) is 3.38. The molecule has 4 aromatic rings. The van der Waals surface area contributed by atoms with Gasteiger partial charge in [-0.3, -0.25) is 9.59 Å². The number of alkyl halides is 1. The highest BCUT2D eigenvalue weighted by Crippen LogP contribution is 2.20. The standard InChI is InChI=1S/C16H23NO5.C14H19NO4.C13H19NO3.C10H18O5.C8H11NO.C2H5ClO/c1-16(2,3)22-15(19)17-8-7-12-5-6-14(21-11-20-4)13(9-12)10-18;1-14(2,3)19-13(18)15-7-6-10-4-5-12(17)11(8-10)9-16;1-13(2,3)17-12(16)14-9-8-10-4-6-11(15)7-5-10;1-9(2,3)14-7(11)13-8(12)15-10(4,5)6;9-6-5-7-1-3-8(10)4-2-7;1-4-2-3/h5-6,9-10H,7-8,11H2,1-4H3,(H,17,19);4-5,8-9,17H,6-7H2,1-3H3,(H,15,18);4-7,15H,8-9H2,1-3H3,(H,14,16);1-6H3;1-4,10H,5-6,9H2;2H2,1H3. The Bertz CT molecular complexity index is 2610. The first-order valence-corrected chi connectivity index (χ1v) is 28.1. The van der Waals surface area contributed by atoms with E-state index in [1.165, 1.54) is 18.7 Å². The topological polar surface area (TPSA) is 325 Å². The minimum Gasteiger partial charge on any atom is -0.508 e. The predicted molar refractivity (Wildman–Crippen MR) is 332 cm³/mol. The van der Waals surface area contributed by atoms with Gasteiger partial charge >= 0.3 is 30.6 Å². The smallest absolute Gasteiger partial charge is 0.508 e. The van der Waals surface area contributed by atoms with E-state index in [4.69, 9.17) is 60.7 Å². The van der Waals surface area contributed by atoms with Crippen LogP contribution in [-0.2, 0) is 63.6 Å². The summed E-state index contributed by atoms with van der Waals surface area (Å²) in [5.41, 5.74) is 7.13. The van der Waals surface area contributed by atoms with E-state index in [0.29, 0.717) is 74.9 Å². The molecular weight excluding hydrogens is 1150 g/mol. The van der Waals surface area contributed by atoms with Gasteiger partial charge in [0.1, 0.15) is 57.1 Å². The highest BCUT2D eigenvalue weighted by atomic mass is 35.5. The molecule has 0 atom stereocenters. The number of hydrogen-bond acceptors (Lipinski definition) is 20. The summed E-state index contributed by atoms with van der Waals surface area (Å²) < 4.78 is 43.5. The summed E-state index contributed by atoms with van der Waals surface area (Å²) in [5.74, 6) is 0.981. The van der Waals surface area contributed by atoms with Gasteiger partial charge in [0.05, 0.1) is 11.1 Å². The molecule has 0 fully saturated rings. The molecule has 23 nitrogen and oxygen atoms in total. The van der Waals surface area contributed by atoms with Gasteiger partial charge in [-0.1, -0.05) is 48.0 Å². The van der Waals surface area contributed by atoms with Crippen LogP contribution >= 0.6 is 11.6 Å². The Morgan fingerprint density at radius 2 is 0.793 bits per heavy atom. The number of phenols is 3. The Kier molecular flexibility index (Phi) is 39.3. The number of nitrogens with one attached hydrogen (secondary N) is 3. The number of rotatable bonds is 17. The number of carbonyl (C=O) groups is 7. The lowest BCUT2D eigenvalue weighted by Gasteiger charge is -2.20. The van der Waals surface area contributed by atoms with E-state index in [1.807, 2.05) is 71.9 Å². The molecule has 24 heteroatoms. The van der Waals surface area contributed by atoms with E-state index in [2.05, 4.69) is 25.4 Å². The maximum Gasteiger partial charge on any atom is 0.519 e. The third-order valence-corrected chi connectivity index (χ3v) is 9.58. The zero-order valence-electron chi connectivity index (χ0n) is 53.6. The molecular formula is C63H95ClN4O19. The summed E-state index contributed by atoms with van der Waals surface area (Å²) in [6.45, 7) is 28.4. The first-order chi connectivity index (χ1) is 40.3. The lowest BCUT2D eigenvalue weighted by molar-refractivity contribution is -0.0295. The molecule has 0 aliphatic carbocycles. The molecule has 0 heterocycles. The van der Waals surface area contributed by atoms with Crippen LogP contribution in [-0.4, -0.2) is 140 Å².